The van der Waals surface area contributed by atoms with E-state index in [-0.39, 0.29) is 31.1 Å². The zero-order chi connectivity index (χ0) is 45.7. The highest BCUT2D eigenvalue weighted by molar-refractivity contribution is 8.00. The van der Waals surface area contributed by atoms with Gasteiger partial charge in [0.15, 0.2) is 0 Å². The standard InChI is InChI=1S/C41H47F2N9O11S/c1-49(40(58)60-20-22-9-11-27(44)12-10-22)13-14-50(2)41(59)61-21-31-35(55)33(52-18-29(46-48-52)24-6-4-8-26(43)16-24)37(57)39(63-31)64-38-36(56)32(34(54)30(19-53)62-38)51-17-28(45-47-51)23-5-3-7-25(42)15-23/h3-12,15-18,30-39,53-57H,13-14,19-21,44H2,1-2H3/t30-,31-,32+,33+,34+,35+,36-,37-,38+,39+/m1/s1. The Hall–Kier alpha value is -5.79. The van der Waals surface area contributed by atoms with Crippen LogP contribution in [0.15, 0.2) is 85.2 Å². The van der Waals surface area contributed by atoms with Gasteiger partial charge in [-0.05, 0) is 42.0 Å². The predicted octanol–water partition coefficient (Wildman–Crippen LogP) is 1.80. The third kappa shape index (κ3) is 10.6. The van der Waals surface area contributed by atoms with Crippen molar-refractivity contribution < 1.29 is 62.8 Å². The van der Waals surface area contributed by atoms with E-state index in [1.165, 1.54) is 82.1 Å². The van der Waals surface area contributed by atoms with E-state index in [1.54, 1.807) is 36.4 Å². The fourth-order valence-electron chi connectivity index (χ4n) is 7.12. The summed E-state index contributed by atoms with van der Waals surface area (Å²) in [6, 6.07) is 15.3. The number of benzene rings is 3. The van der Waals surface area contributed by atoms with E-state index >= 15 is 0 Å². The molecule has 20 nitrogen and oxygen atoms in total. The summed E-state index contributed by atoms with van der Waals surface area (Å²) in [7, 11) is 2.93. The minimum Gasteiger partial charge on any atom is -0.447 e. The molecular formula is C41H47F2N9O11S. The van der Waals surface area contributed by atoms with Crippen molar-refractivity contribution in [2.24, 2.45) is 0 Å². The number of hydrogen-bond acceptors (Lipinski definition) is 17. The molecule has 7 N–H and O–H groups in total. The van der Waals surface area contributed by atoms with Gasteiger partial charge in [0.2, 0.25) is 0 Å². The number of amides is 2. The fourth-order valence-corrected chi connectivity index (χ4v) is 8.45. The molecule has 64 heavy (non-hydrogen) atoms. The number of aromatic nitrogens is 6. The van der Waals surface area contributed by atoms with Gasteiger partial charge in [-0.1, -0.05) is 58.6 Å². The van der Waals surface area contributed by atoms with Gasteiger partial charge < -0.3 is 60.0 Å². The Kier molecular flexibility index (Phi) is 14.7. The second-order valence-electron chi connectivity index (χ2n) is 15.3. The maximum Gasteiger partial charge on any atom is 0.409 e. The first-order chi connectivity index (χ1) is 30.7. The summed E-state index contributed by atoms with van der Waals surface area (Å²) in [5.74, 6) is -1.05. The molecule has 2 amide bonds. The van der Waals surface area contributed by atoms with Crippen LogP contribution >= 0.6 is 11.8 Å². The Labute approximate surface area is 368 Å². The molecule has 0 spiro atoms. The summed E-state index contributed by atoms with van der Waals surface area (Å²) >= 11 is 0.744. The van der Waals surface area contributed by atoms with E-state index in [9.17, 15) is 43.9 Å². The second-order valence-corrected chi connectivity index (χ2v) is 16.5. The summed E-state index contributed by atoms with van der Waals surface area (Å²) in [4.78, 5) is 28.3. The molecule has 23 heteroatoms. The molecule has 0 aliphatic carbocycles. The van der Waals surface area contributed by atoms with E-state index in [4.69, 9.17) is 24.7 Å². The third-order valence-electron chi connectivity index (χ3n) is 10.8. The third-order valence-corrected chi connectivity index (χ3v) is 12.1. The van der Waals surface area contributed by atoms with Gasteiger partial charge in [0, 0.05) is 44.0 Å². The molecule has 5 aromatic rings. The molecular weight excluding hydrogens is 865 g/mol. The van der Waals surface area contributed by atoms with Crippen LogP contribution in [0.1, 0.15) is 17.6 Å². The Morgan fingerprint density at radius 3 is 1.72 bits per heavy atom. The van der Waals surface area contributed by atoms with Crippen molar-refractivity contribution in [1.29, 1.82) is 0 Å². The zero-order valence-corrected chi connectivity index (χ0v) is 35.2. The van der Waals surface area contributed by atoms with Crippen LogP contribution in [-0.4, -0.2) is 165 Å². The van der Waals surface area contributed by atoms with Crippen LogP contribution in [0.25, 0.3) is 22.5 Å². The average Bonchev–Trinajstić information content (AvgIpc) is 3.98. The van der Waals surface area contributed by atoms with Gasteiger partial charge in [0.05, 0.1) is 19.0 Å². The second kappa shape index (κ2) is 20.4. The smallest absolute Gasteiger partial charge is 0.409 e. The van der Waals surface area contributed by atoms with Crippen molar-refractivity contribution in [3.63, 3.8) is 0 Å². The summed E-state index contributed by atoms with van der Waals surface area (Å²) in [6.07, 6.45) is -7.71. The first kappa shape index (κ1) is 46.2. The SMILES string of the molecule is CN(CCN(C)C(=O)OC[C@H]1O[C@@H](S[C@@H]2O[C@H](CO)[C@H](O)[C@H](n3cc(-c4cccc(F)c4)nn3)[C@H]2O)[C@H](O)[C@@H](n2cc(-c3cccc(F)c3)nn2)[C@H]1O)C(=O)OCc1ccc(N)cc1. The van der Waals surface area contributed by atoms with Crippen molar-refractivity contribution in [3.8, 4) is 22.5 Å². The number of nitrogen functional groups attached to an aromatic ring is 1. The van der Waals surface area contributed by atoms with E-state index in [2.05, 4.69) is 20.6 Å². The molecule has 3 aromatic carbocycles. The molecule has 0 saturated carbocycles. The predicted molar refractivity (Wildman–Crippen MR) is 223 cm³/mol. The fraction of sp³-hybridized carbons (Fsp3) is 0.415. The van der Waals surface area contributed by atoms with Crippen LogP contribution < -0.4 is 5.73 Å². The van der Waals surface area contributed by atoms with Crippen LogP contribution in [0.2, 0.25) is 0 Å². The Balaban J connectivity index is 1.06. The molecule has 2 fully saturated rings. The Morgan fingerprint density at radius 2 is 1.22 bits per heavy atom. The van der Waals surface area contributed by atoms with Crippen molar-refractivity contribution >= 4 is 29.6 Å². The van der Waals surface area contributed by atoms with Gasteiger partial charge in [0.25, 0.3) is 0 Å². The monoisotopic (exact) mass is 911 g/mol. The van der Waals surface area contributed by atoms with Crippen LogP contribution in [0.4, 0.5) is 24.1 Å². The molecule has 10 atom stereocenters. The summed E-state index contributed by atoms with van der Waals surface area (Å²) < 4.78 is 53.4. The lowest BCUT2D eigenvalue weighted by Crippen LogP contribution is -2.58. The number of likely N-dealkylation sites (N-methyl/N-ethyl adjacent to an activating group) is 2. The van der Waals surface area contributed by atoms with Crippen molar-refractivity contribution in [3.05, 3.63) is 102 Å². The molecule has 0 bridgehead atoms. The highest BCUT2D eigenvalue weighted by Crippen LogP contribution is 2.42. The van der Waals surface area contributed by atoms with Crippen LogP contribution in [0.5, 0.6) is 0 Å². The quantitative estimate of drug-likeness (QED) is 0.0868. The number of aliphatic hydroxyl groups is 5. The molecule has 4 heterocycles. The number of anilines is 1. The maximum atomic E-state index is 14.1. The van der Waals surface area contributed by atoms with Gasteiger partial charge in [-0.2, -0.15) is 0 Å². The number of nitrogens with zero attached hydrogens (tertiary/aromatic N) is 8. The highest BCUT2D eigenvalue weighted by atomic mass is 32.2. The van der Waals surface area contributed by atoms with Crippen LogP contribution in [0, 0.1) is 11.6 Å². The molecule has 2 aromatic heterocycles. The number of thioether (sulfide) groups is 1. The topological polar surface area (TPSA) is 266 Å². The number of rotatable bonds is 14. The molecule has 0 unspecified atom stereocenters. The Morgan fingerprint density at radius 1 is 0.734 bits per heavy atom. The van der Waals surface area contributed by atoms with Gasteiger partial charge in [-0.3, -0.25) is 0 Å². The van der Waals surface area contributed by atoms with Gasteiger partial charge >= 0.3 is 12.2 Å². The molecule has 2 aliphatic heterocycles. The molecule has 2 aliphatic rings. The minimum absolute atomic E-state index is 0.0117. The van der Waals surface area contributed by atoms with E-state index in [1.807, 2.05) is 0 Å². The van der Waals surface area contributed by atoms with E-state index in [0.29, 0.717) is 16.8 Å². The number of nitrogens with two attached hydrogens (primary N) is 1. The normalized spacial score (nSPS) is 25.7. The van der Waals surface area contributed by atoms with E-state index in [0.717, 1.165) is 17.3 Å². The molecule has 0 radical (unpaired) electrons. The number of aliphatic hydroxyl groups excluding tert-OH is 5. The number of ether oxygens (including phenoxy) is 4. The lowest BCUT2D eigenvalue weighted by atomic mass is 9.97. The largest absolute Gasteiger partial charge is 0.447 e. The van der Waals surface area contributed by atoms with Gasteiger partial charge in [-0.25, -0.2) is 27.7 Å². The van der Waals surface area contributed by atoms with Crippen LogP contribution in [-0.2, 0) is 25.6 Å². The summed E-state index contributed by atoms with van der Waals surface area (Å²) in [5.41, 5.74) is 5.46. The van der Waals surface area contributed by atoms with Crippen molar-refractivity contribution in [1.82, 2.24) is 39.8 Å². The number of carbonyl (C=O) groups is 2. The lowest BCUT2D eigenvalue weighted by Gasteiger charge is -2.46. The number of carbonyl (C=O) groups excluding carboxylic acids is 2. The van der Waals surface area contributed by atoms with E-state index < -0.39 is 96.6 Å². The van der Waals surface area contributed by atoms with Crippen molar-refractivity contribution in [2.45, 2.75) is 66.2 Å². The summed E-state index contributed by atoms with van der Waals surface area (Å²) in [6.45, 7) is -1.16. The molecule has 7 rings (SSSR count). The highest BCUT2D eigenvalue weighted by Gasteiger charge is 2.52. The van der Waals surface area contributed by atoms with Gasteiger partial charge in [0.1, 0.15) is 95.8 Å². The minimum atomic E-state index is -1.63. The van der Waals surface area contributed by atoms with Crippen molar-refractivity contribution in [2.75, 3.05) is 46.1 Å². The molecule has 342 valence electrons. The van der Waals surface area contributed by atoms with Crippen LogP contribution in [0.3, 0.4) is 0 Å². The molecule has 2 saturated heterocycles. The first-order valence-electron chi connectivity index (χ1n) is 20.0. The number of halogens is 2. The number of hydrogen-bond donors (Lipinski definition) is 6. The lowest BCUT2D eigenvalue weighted by molar-refractivity contribution is -0.189. The maximum absolute atomic E-state index is 14.1. The zero-order valence-electron chi connectivity index (χ0n) is 34.4. The Bertz CT molecular complexity index is 2360. The average molecular weight is 912 g/mol. The summed E-state index contributed by atoms with van der Waals surface area (Å²) in [5, 5.41) is 73.1. The first-order valence-corrected chi connectivity index (χ1v) is 20.9. The van der Waals surface area contributed by atoms with Gasteiger partial charge in [-0.15, -0.1) is 10.2 Å².